The summed E-state index contributed by atoms with van der Waals surface area (Å²) in [6.45, 7) is 3.99. The molecule has 17 heavy (non-hydrogen) atoms. The Morgan fingerprint density at radius 1 is 1.12 bits per heavy atom. The molecule has 3 rings (SSSR count). The first-order valence-corrected chi connectivity index (χ1v) is 5.49. The molecule has 0 saturated heterocycles. The van der Waals surface area contributed by atoms with Crippen LogP contribution in [0.2, 0.25) is 0 Å². The van der Waals surface area contributed by atoms with Crippen LogP contribution < -0.4 is 0 Å². The summed E-state index contributed by atoms with van der Waals surface area (Å²) >= 11 is 0. The number of aromatic nitrogens is 4. The van der Waals surface area contributed by atoms with Crippen LogP contribution in [0.3, 0.4) is 0 Å². The summed E-state index contributed by atoms with van der Waals surface area (Å²) in [4.78, 5) is 8.84. The number of nitrogens with zero attached hydrogens (tertiary/aromatic N) is 4. The molecule has 0 unspecified atom stereocenters. The van der Waals surface area contributed by atoms with Crippen molar-refractivity contribution in [2.45, 2.75) is 13.8 Å². The molecule has 3 aromatic heterocycles. The molecule has 0 aliphatic carbocycles. The van der Waals surface area contributed by atoms with Gasteiger partial charge in [0.2, 0.25) is 0 Å². The van der Waals surface area contributed by atoms with Crippen molar-refractivity contribution in [1.29, 1.82) is 0 Å². The van der Waals surface area contributed by atoms with Gasteiger partial charge in [0.1, 0.15) is 0 Å². The molecule has 0 aliphatic heterocycles. The van der Waals surface area contributed by atoms with Crippen LogP contribution in [0.15, 0.2) is 36.7 Å². The predicted molar refractivity (Wildman–Crippen MR) is 65.7 cm³/mol. The molecule has 0 fully saturated rings. The summed E-state index contributed by atoms with van der Waals surface area (Å²) in [6, 6.07) is 7.90. The van der Waals surface area contributed by atoms with Crippen molar-refractivity contribution < 1.29 is 0 Å². The molecule has 0 spiro atoms. The van der Waals surface area contributed by atoms with Crippen LogP contribution in [0.5, 0.6) is 0 Å². The Labute approximate surface area is 99.0 Å². The highest BCUT2D eigenvalue weighted by Crippen LogP contribution is 2.18. The molecule has 0 radical (unpaired) electrons. The van der Waals surface area contributed by atoms with Crippen molar-refractivity contribution >= 4 is 5.65 Å². The first-order valence-electron chi connectivity index (χ1n) is 5.49. The second-order valence-corrected chi connectivity index (χ2v) is 4.06. The number of rotatable bonds is 1. The Morgan fingerprint density at radius 2 is 2.00 bits per heavy atom. The fourth-order valence-electron chi connectivity index (χ4n) is 1.89. The zero-order valence-corrected chi connectivity index (χ0v) is 9.75. The normalized spacial score (nSPS) is 10.9. The maximum absolute atomic E-state index is 4.51. The van der Waals surface area contributed by atoms with E-state index >= 15 is 0 Å². The van der Waals surface area contributed by atoms with Crippen molar-refractivity contribution in [2.24, 2.45) is 0 Å². The van der Waals surface area contributed by atoms with E-state index in [0.717, 1.165) is 28.3 Å². The summed E-state index contributed by atoms with van der Waals surface area (Å²) in [5, 5.41) is 4.34. The van der Waals surface area contributed by atoms with Gasteiger partial charge in [0.15, 0.2) is 5.65 Å². The molecular formula is C13H12N4. The van der Waals surface area contributed by atoms with Gasteiger partial charge in [-0.2, -0.15) is 5.10 Å². The van der Waals surface area contributed by atoms with Crippen LogP contribution in [0, 0.1) is 13.8 Å². The quantitative estimate of drug-likeness (QED) is 0.637. The maximum atomic E-state index is 4.51. The fraction of sp³-hybridized carbons (Fsp3) is 0.154. The van der Waals surface area contributed by atoms with E-state index < -0.39 is 0 Å². The maximum Gasteiger partial charge on any atom is 0.158 e. The molecule has 0 aliphatic rings. The van der Waals surface area contributed by atoms with Crippen LogP contribution in [-0.2, 0) is 0 Å². The fourth-order valence-corrected chi connectivity index (χ4v) is 1.89. The summed E-state index contributed by atoms with van der Waals surface area (Å²) < 4.78 is 1.83. The van der Waals surface area contributed by atoms with E-state index in [9.17, 15) is 0 Å². The molecule has 84 valence electrons. The average Bonchev–Trinajstić information content (AvgIpc) is 2.71. The van der Waals surface area contributed by atoms with Gasteiger partial charge in [-0.3, -0.25) is 4.98 Å². The third-order valence-electron chi connectivity index (χ3n) is 2.73. The molecule has 0 atom stereocenters. The number of hydrogen-bond donors (Lipinski definition) is 0. The zero-order valence-electron chi connectivity index (χ0n) is 9.75. The monoisotopic (exact) mass is 224 g/mol. The summed E-state index contributed by atoms with van der Waals surface area (Å²) in [7, 11) is 0. The molecule has 4 heteroatoms. The van der Waals surface area contributed by atoms with Gasteiger partial charge in [-0.15, -0.1) is 0 Å². The van der Waals surface area contributed by atoms with Crippen molar-refractivity contribution in [3.63, 3.8) is 0 Å². The second kappa shape index (κ2) is 3.66. The highest BCUT2D eigenvalue weighted by Gasteiger charge is 2.08. The first kappa shape index (κ1) is 9.96. The van der Waals surface area contributed by atoms with Gasteiger partial charge in [0.05, 0.1) is 17.6 Å². The standard InChI is InChI=1S/C13H12N4/c1-9-8-15-17-12(6-7-14-13(9)17)11-5-3-4-10(2)16-11/h3-8H,1-2H3. The lowest BCUT2D eigenvalue weighted by Gasteiger charge is -2.04. The minimum atomic E-state index is 0.880. The molecule has 0 saturated carbocycles. The molecule has 0 bridgehead atoms. The number of hydrogen-bond acceptors (Lipinski definition) is 3. The van der Waals surface area contributed by atoms with Gasteiger partial charge in [-0.25, -0.2) is 9.50 Å². The minimum Gasteiger partial charge on any atom is -0.251 e. The van der Waals surface area contributed by atoms with Crippen LogP contribution >= 0.6 is 0 Å². The highest BCUT2D eigenvalue weighted by molar-refractivity contribution is 5.60. The lowest BCUT2D eigenvalue weighted by Crippen LogP contribution is -1.97. The Hall–Kier alpha value is -2.23. The van der Waals surface area contributed by atoms with Gasteiger partial charge >= 0.3 is 0 Å². The third kappa shape index (κ3) is 1.58. The van der Waals surface area contributed by atoms with E-state index in [1.807, 2.05) is 48.8 Å². The zero-order chi connectivity index (χ0) is 11.8. The average molecular weight is 224 g/mol. The van der Waals surface area contributed by atoms with Crippen LogP contribution in [0.4, 0.5) is 0 Å². The third-order valence-corrected chi connectivity index (χ3v) is 2.73. The lowest BCUT2D eigenvalue weighted by molar-refractivity contribution is 0.940. The van der Waals surface area contributed by atoms with Gasteiger partial charge in [-0.1, -0.05) is 6.07 Å². The number of pyridine rings is 1. The molecular weight excluding hydrogens is 212 g/mol. The van der Waals surface area contributed by atoms with Crippen LogP contribution in [-0.4, -0.2) is 19.6 Å². The van der Waals surface area contributed by atoms with Crippen molar-refractivity contribution in [1.82, 2.24) is 19.6 Å². The van der Waals surface area contributed by atoms with Crippen LogP contribution in [0.25, 0.3) is 17.0 Å². The predicted octanol–water partition coefficient (Wildman–Crippen LogP) is 2.41. The van der Waals surface area contributed by atoms with E-state index in [2.05, 4.69) is 15.1 Å². The Balaban J connectivity index is 2.30. The lowest BCUT2D eigenvalue weighted by atomic mass is 10.2. The van der Waals surface area contributed by atoms with Crippen molar-refractivity contribution in [3.05, 3.63) is 47.9 Å². The SMILES string of the molecule is Cc1cccc(-c2ccnc3c(C)cnn23)n1. The Morgan fingerprint density at radius 3 is 2.82 bits per heavy atom. The molecule has 0 N–H and O–H groups in total. The van der Waals surface area contributed by atoms with Gasteiger partial charge in [0, 0.05) is 17.5 Å². The Bertz CT molecular complexity index is 685. The summed E-state index contributed by atoms with van der Waals surface area (Å²) in [5.74, 6) is 0. The summed E-state index contributed by atoms with van der Waals surface area (Å²) in [6.07, 6.45) is 3.62. The van der Waals surface area contributed by atoms with Crippen molar-refractivity contribution in [3.8, 4) is 11.4 Å². The highest BCUT2D eigenvalue weighted by atomic mass is 15.3. The topological polar surface area (TPSA) is 43.1 Å². The van der Waals surface area contributed by atoms with E-state index in [1.165, 1.54) is 0 Å². The van der Waals surface area contributed by atoms with E-state index in [1.54, 1.807) is 6.20 Å². The van der Waals surface area contributed by atoms with Crippen LogP contribution in [0.1, 0.15) is 11.3 Å². The molecule has 4 nitrogen and oxygen atoms in total. The van der Waals surface area contributed by atoms with Gasteiger partial charge < -0.3 is 0 Å². The molecule has 3 aromatic rings. The number of fused-ring (bicyclic) bond motifs is 1. The van der Waals surface area contributed by atoms with E-state index in [0.29, 0.717) is 0 Å². The summed E-state index contributed by atoms with van der Waals surface area (Å²) in [5.41, 5.74) is 4.83. The van der Waals surface area contributed by atoms with E-state index in [-0.39, 0.29) is 0 Å². The molecule has 0 amide bonds. The Kier molecular flexibility index (Phi) is 2.14. The first-order chi connectivity index (χ1) is 8.25. The second-order valence-electron chi connectivity index (χ2n) is 4.06. The van der Waals surface area contributed by atoms with Crippen molar-refractivity contribution in [2.75, 3.05) is 0 Å². The molecule has 0 aromatic carbocycles. The number of aryl methyl sites for hydroxylation is 2. The minimum absolute atomic E-state index is 0.880. The van der Waals surface area contributed by atoms with E-state index in [4.69, 9.17) is 0 Å². The van der Waals surface area contributed by atoms with Gasteiger partial charge in [0.25, 0.3) is 0 Å². The van der Waals surface area contributed by atoms with Gasteiger partial charge in [-0.05, 0) is 32.0 Å². The smallest absolute Gasteiger partial charge is 0.158 e. The largest absolute Gasteiger partial charge is 0.251 e. The molecule has 3 heterocycles.